The topological polar surface area (TPSA) is 37.4 Å². The quantitative estimate of drug-likeness (QED) is 0.864. The van der Waals surface area contributed by atoms with Gasteiger partial charge in [0.25, 0.3) is 0 Å². The molecule has 0 bridgehead atoms. The highest BCUT2D eigenvalue weighted by Gasteiger charge is 2.30. The molecule has 0 amide bonds. The van der Waals surface area contributed by atoms with Gasteiger partial charge in [-0.25, -0.2) is 9.99 Å². The smallest absolute Gasteiger partial charge is 0.379 e. The van der Waals surface area contributed by atoms with Crippen LogP contribution in [-0.4, -0.2) is 36.3 Å². The first-order chi connectivity index (χ1) is 8.05. The SMILES string of the molecule is FC(F)(F)c1ccnc(NN2CCOCC2)c1. The number of morpholine rings is 1. The molecule has 0 unspecified atom stereocenters. The third-order valence-corrected chi connectivity index (χ3v) is 2.37. The van der Waals surface area contributed by atoms with Crippen LogP contribution in [0.25, 0.3) is 0 Å². The molecule has 1 saturated heterocycles. The summed E-state index contributed by atoms with van der Waals surface area (Å²) in [5, 5.41) is 1.78. The number of hydrogen-bond donors (Lipinski definition) is 1. The van der Waals surface area contributed by atoms with Crippen LogP contribution in [0.1, 0.15) is 5.56 Å². The van der Waals surface area contributed by atoms with Crippen LogP contribution >= 0.6 is 0 Å². The molecule has 1 aliphatic rings. The van der Waals surface area contributed by atoms with E-state index in [0.717, 1.165) is 18.3 Å². The van der Waals surface area contributed by atoms with E-state index in [1.807, 2.05) is 0 Å². The van der Waals surface area contributed by atoms with Crippen LogP contribution in [0, 0.1) is 0 Å². The van der Waals surface area contributed by atoms with Gasteiger partial charge in [0.2, 0.25) is 0 Å². The summed E-state index contributed by atoms with van der Waals surface area (Å²) in [5.74, 6) is 0.196. The van der Waals surface area contributed by atoms with E-state index >= 15 is 0 Å². The number of ether oxygens (including phenoxy) is 1. The average Bonchev–Trinajstić information content (AvgIpc) is 2.29. The van der Waals surface area contributed by atoms with Crippen molar-refractivity contribution in [2.75, 3.05) is 31.7 Å². The van der Waals surface area contributed by atoms with Crippen LogP contribution in [0.2, 0.25) is 0 Å². The first kappa shape index (κ1) is 12.1. The number of hydrazine groups is 1. The molecule has 17 heavy (non-hydrogen) atoms. The molecule has 1 N–H and O–H groups in total. The lowest BCUT2D eigenvalue weighted by Crippen LogP contribution is -2.40. The fourth-order valence-corrected chi connectivity index (χ4v) is 1.51. The lowest BCUT2D eigenvalue weighted by Gasteiger charge is -2.27. The van der Waals surface area contributed by atoms with Gasteiger partial charge in [-0.2, -0.15) is 13.2 Å². The van der Waals surface area contributed by atoms with Crippen molar-refractivity contribution >= 4 is 5.82 Å². The van der Waals surface area contributed by atoms with Gasteiger partial charge < -0.3 is 10.2 Å². The molecule has 4 nitrogen and oxygen atoms in total. The molecule has 0 saturated carbocycles. The summed E-state index contributed by atoms with van der Waals surface area (Å²) in [4.78, 5) is 3.85. The number of alkyl halides is 3. The van der Waals surface area contributed by atoms with Gasteiger partial charge in [0.15, 0.2) is 0 Å². The van der Waals surface area contributed by atoms with Crippen molar-refractivity contribution in [2.24, 2.45) is 0 Å². The van der Waals surface area contributed by atoms with Crippen LogP contribution < -0.4 is 5.43 Å². The van der Waals surface area contributed by atoms with Crippen LogP contribution in [0.4, 0.5) is 19.0 Å². The zero-order chi connectivity index (χ0) is 12.3. The summed E-state index contributed by atoms with van der Waals surface area (Å²) < 4.78 is 42.5. The first-order valence-electron chi connectivity index (χ1n) is 5.18. The Kier molecular flexibility index (Phi) is 3.49. The average molecular weight is 247 g/mol. The van der Waals surface area contributed by atoms with Crippen molar-refractivity contribution in [3.8, 4) is 0 Å². The molecule has 94 valence electrons. The zero-order valence-electron chi connectivity index (χ0n) is 9.00. The van der Waals surface area contributed by atoms with E-state index in [9.17, 15) is 13.2 Å². The van der Waals surface area contributed by atoms with Gasteiger partial charge in [-0.3, -0.25) is 0 Å². The normalized spacial score (nSPS) is 18.1. The second-order valence-electron chi connectivity index (χ2n) is 3.64. The van der Waals surface area contributed by atoms with Gasteiger partial charge in [-0.1, -0.05) is 0 Å². The van der Waals surface area contributed by atoms with Gasteiger partial charge in [0.1, 0.15) is 5.82 Å². The maximum absolute atomic E-state index is 12.5. The predicted octanol–water partition coefficient (Wildman–Crippen LogP) is 1.76. The van der Waals surface area contributed by atoms with Crippen molar-refractivity contribution < 1.29 is 17.9 Å². The lowest BCUT2D eigenvalue weighted by atomic mass is 10.2. The van der Waals surface area contributed by atoms with E-state index in [-0.39, 0.29) is 5.82 Å². The summed E-state index contributed by atoms with van der Waals surface area (Å²) in [6, 6.07) is 1.94. The van der Waals surface area contributed by atoms with Gasteiger partial charge in [0.05, 0.1) is 18.8 Å². The van der Waals surface area contributed by atoms with Crippen molar-refractivity contribution in [1.29, 1.82) is 0 Å². The van der Waals surface area contributed by atoms with Crippen LogP contribution in [0.5, 0.6) is 0 Å². The second kappa shape index (κ2) is 4.89. The highest BCUT2D eigenvalue weighted by Crippen LogP contribution is 2.29. The van der Waals surface area contributed by atoms with Gasteiger partial charge in [-0.15, -0.1) is 0 Å². The van der Waals surface area contributed by atoms with Gasteiger partial charge in [0, 0.05) is 19.3 Å². The maximum atomic E-state index is 12.5. The third kappa shape index (κ3) is 3.31. The number of aromatic nitrogens is 1. The molecule has 0 aromatic carbocycles. The zero-order valence-corrected chi connectivity index (χ0v) is 9.00. The number of rotatable bonds is 2. The van der Waals surface area contributed by atoms with E-state index < -0.39 is 11.7 Å². The van der Waals surface area contributed by atoms with E-state index in [0.29, 0.717) is 26.3 Å². The lowest BCUT2D eigenvalue weighted by molar-refractivity contribution is -0.137. The molecule has 2 rings (SSSR count). The fraction of sp³-hybridized carbons (Fsp3) is 0.500. The van der Waals surface area contributed by atoms with Crippen molar-refractivity contribution in [2.45, 2.75) is 6.18 Å². The Morgan fingerprint density at radius 3 is 2.65 bits per heavy atom. The number of hydrogen-bond acceptors (Lipinski definition) is 4. The summed E-state index contributed by atoms with van der Waals surface area (Å²) in [5.41, 5.74) is 2.13. The van der Waals surface area contributed by atoms with Gasteiger partial charge in [-0.05, 0) is 12.1 Å². The van der Waals surface area contributed by atoms with Crippen molar-refractivity contribution in [3.63, 3.8) is 0 Å². The van der Waals surface area contributed by atoms with E-state index in [2.05, 4.69) is 10.4 Å². The molecule has 1 aromatic heterocycles. The monoisotopic (exact) mass is 247 g/mol. The van der Waals surface area contributed by atoms with Gasteiger partial charge >= 0.3 is 6.18 Å². The highest BCUT2D eigenvalue weighted by molar-refractivity contribution is 5.37. The number of anilines is 1. The number of pyridine rings is 1. The predicted molar refractivity (Wildman–Crippen MR) is 55.3 cm³/mol. The second-order valence-corrected chi connectivity index (χ2v) is 3.64. The Morgan fingerprint density at radius 1 is 1.29 bits per heavy atom. The minimum atomic E-state index is -4.34. The molecular formula is C10H12F3N3O. The van der Waals surface area contributed by atoms with Crippen molar-refractivity contribution in [3.05, 3.63) is 23.9 Å². The Labute approximate surface area is 96.4 Å². The largest absolute Gasteiger partial charge is 0.416 e. The summed E-state index contributed by atoms with van der Waals surface area (Å²) in [6.45, 7) is 2.37. The van der Waals surface area contributed by atoms with Crippen LogP contribution in [-0.2, 0) is 10.9 Å². The summed E-state index contributed by atoms with van der Waals surface area (Å²) in [6.07, 6.45) is -3.20. The first-order valence-corrected chi connectivity index (χ1v) is 5.18. The van der Waals surface area contributed by atoms with Crippen LogP contribution in [0.15, 0.2) is 18.3 Å². The summed E-state index contributed by atoms with van der Waals surface area (Å²) >= 11 is 0. The molecular weight excluding hydrogens is 235 g/mol. The third-order valence-electron chi connectivity index (χ3n) is 2.37. The molecule has 1 aromatic rings. The highest BCUT2D eigenvalue weighted by atomic mass is 19.4. The minimum Gasteiger partial charge on any atom is -0.379 e. The Balaban J connectivity index is 2.05. The maximum Gasteiger partial charge on any atom is 0.416 e. The molecule has 1 aliphatic heterocycles. The summed E-state index contributed by atoms with van der Waals surface area (Å²) in [7, 11) is 0. The molecule has 0 spiro atoms. The fourth-order valence-electron chi connectivity index (χ4n) is 1.51. The Morgan fingerprint density at radius 2 is 2.00 bits per heavy atom. The number of nitrogens with one attached hydrogen (secondary N) is 1. The van der Waals surface area contributed by atoms with Crippen molar-refractivity contribution in [1.82, 2.24) is 9.99 Å². The molecule has 1 fully saturated rings. The standard InChI is InChI=1S/C10H12F3N3O/c11-10(12,13)8-1-2-14-9(7-8)15-16-3-5-17-6-4-16/h1-2,7H,3-6H2,(H,14,15). The molecule has 0 aliphatic carbocycles. The Hall–Kier alpha value is -1.34. The van der Waals surface area contributed by atoms with E-state index in [1.54, 1.807) is 5.01 Å². The molecule has 7 heteroatoms. The minimum absolute atomic E-state index is 0.196. The number of nitrogens with zero attached hydrogens (tertiary/aromatic N) is 2. The number of halogens is 3. The molecule has 0 radical (unpaired) electrons. The van der Waals surface area contributed by atoms with E-state index in [4.69, 9.17) is 4.74 Å². The van der Waals surface area contributed by atoms with Crippen LogP contribution in [0.3, 0.4) is 0 Å². The molecule has 2 heterocycles. The molecule has 0 atom stereocenters. The Bertz CT molecular complexity index is 377. The van der Waals surface area contributed by atoms with E-state index in [1.165, 1.54) is 0 Å².